The van der Waals surface area contributed by atoms with Crippen molar-refractivity contribution in [1.29, 1.82) is 0 Å². The van der Waals surface area contributed by atoms with Crippen LogP contribution in [0.3, 0.4) is 0 Å². The van der Waals surface area contributed by atoms with Gasteiger partial charge in [0.25, 0.3) is 5.91 Å². The summed E-state index contributed by atoms with van der Waals surface area (Å²) in [4.78, 5) is 11.5. The van der Waals surface area contributed by atoms with Gasteiger partial charge in [0.2, 0.25) is 0 Å². The van der Waals surface area contributed by atoms with Crippen molar-refractivity contribution < 1.29 is 9.53 Å². The number of hydrogen-bond acceptors (Lipinski definition) is 2. The van der Waals surface area contributed by atoms with Crippen LogP contribution in [0.1, 0.15) is 15.9 Å². The van der Waals surface area contributed by atoms with Crippen LogP contribution in [0.2, 0.25) is 0 Å². The van der Waals surface area contributed by atoms with Gasteiger partial charge in [-0.05, 0) is 24.6 Å². The Morgan fingerprint density at radius 3 is 2.93 bits per heavy atom. The number of carbonyl (C=O) groups is 1. The summed E-state index contributed by atoms with van der Waals surface area (Å²) in [5.41, 5.74) is 1.54. The second kappa shape index (κ2) is 5.06. The van der Waals surface area contributed by atoms with Gasteiger partial charge in [-0.3, -0.25) is 4.79 Å². The molecule has 0 atom stereocenters. The predicted octanol–water partition coefficient (Wildman–Crippen LogP) is 1.37. The molecule has 1 aromatic rings. The molecule has 1 N–H and O–H groups in total. The Kier molecular flexibility index (Phi) is 3.75. The lowest BCUT2D eigenvalue weighted by Crippen LogP contribution is -2.23. The zero-order valence-corrected chi connectivity index (χ0v) is 8.83. The third-order valence-electron chi connectivity index (χ3n) is 2.02. The number of nitrogens with one attached hydrogen (secondary N) is 1. The fourth-order valence-corrected chi connectivity index (χ4v) is 1.19. The van der Waals surface area contributed by atoms with Gasteiger partial charge in [0.05, 0.1) is 13.7 Å². The van der Waals surface area contributed by atoms with Crippen LogP contribution < -0.4 is 10.1 Å². The smallest absolute Gasteiger partial charge is 0.252 e. The molecule has 0 aliphatic rings. The molecule has 3 nitrogen and oxygen atoms in total. The molecule has 0 saturated carbocycles. The maximum atomic E-state index is 11.5. The topological polar surface area (TPSA) is 38.3 Å². The van der Waals surface area contributed by atoms with Crippen LogP contribution in [0.4, 0.5) is 0 Å². The highest BCUT2D eigenvalue weighted by Crippen LogP contribution is 2.18. The van der Waals surface area contributed by atoms with Gasteiger partial charge < -0.3 is 10.1 Å². The van der Waals surface area contributed by atoms with Gasteiger partial charge in [-0.1, -0.05) is 12.0 Å². The molecule has 0 fully saturated rings. The van der Waals surface area contributed by atoms with Crippen molar-refractivity contribution in [3.05, 3.63) is 29.3 Å². The predicted molar refractivity (Wildman–Crippen MR) is 58.9 cm³/mol. The molecule has 0 saturated heterocycles. The van der Waals surface area contributed by atoms with Crippen molar-refractivity contribution in [2.75, 3.05) is 13.7 Å². The van der Waals surface area contributed by atoms with Crippen LogP contribution >= 0.6 is 0 Å². The van der Waals surface area contributed by atoms with E-state index >= 15 is 0 Å². The van der Waals surface area contributed by atoms with Crippen LogP contribution in [0.25, 0.3) is 0 Å². The highest BCUT2D eigenvalue weighted by atomic mass is 16.5. The molecular formula is C12H13NO2. The van der Waals surface area contributed by atoms with Crippen LogP contribution in [0.5, 0.6) is 5.75 Å². The molecule has 0 spiro atoms. The van der Waals surface area contributed by atoms with E-state index in [0.717, 1.165) is 5.56 Å². The molecule has 0 unspecified atom stereocenters. The zero-order chi connectivity index (χ0) is 11.3. The quantitative estimate of drug-likeness (QED) is 0.753. The molecule has 0 heterocycles. The van der Waals surface area contributed by atoms with Crippen LogP contribution in [-0.2, 0) is 0 Å². The Balaban J connectivity index is 2.87. The van der Waals surface area contributed by atoms with Crippen molar-refractivity contribution >= 4 is 5.91 Å². The summed E-state index contributed by atoms with van der Waals surface area (Å²) in [7, 11) is 1.57. The Labute approximate surface area is 89.4 Å². The maximum absolute atomic E-state index is 11.5. The molecule has 0 aliphatic heterocycles. The van der Waals surface area contributed by atoms with E-state index in [0.29, 0.717) is 11.3 Å². The van der Waals surface area contributed by atoms with Crippen molar-refractivity contribution in [2.24, 2.45) is 0 Å². The number of benzene rings is 1. The molecule has 1 aromatic carbocycles. The minimum Gasteiger partial charge on any atom is -0.496 e. The van der Waals surface area contributed by atoms with E-state index in [4.69, 9.17) is 11.2 Å². The van der Waals surface area contributed by atoms with Gasteiger partial charge in [-0.2, -0.15) is 0 Å². The third kappa shape index (κ3) is 2.75. The average molecular weight is 203 g/mol. The summed E-state index contributed by atoms with van der Waals surface area (Å²) in [6.07, 6.45) is 5.05. The number of aryl methyl sites for hydroxylation is 1. The number of ether oxygens (including phenoxy) is 1. The highest BCUT2D eigenvalue weighted by Gasteiger charge is 2.06. The largest absolute Gasteiger partial charge is 0.496 e. The highest BCUT2D eigenvalue weighted by molar-refractivity contribution is 5.94. The second-order valence-corrected chi connectivity index (χ2v) is 3.07. The Hall–Kier alpha value is -1.95. The molecule has 0 radical (unpaired) electrons. The lowest BCUT2D eigenvalue weighted by atomic mass is 10.1. The van der Waals surface area contributed by atoms with Crippen LogP contribution in [0, 0.1) is 19.3 Å². The molecule has 1 rings (SSSR count). The molecule has 78 valence electrons. The first kappa shape index (κ1) is 11.1. The number of methoxy groups -OCH3 is 1. The average Bonchev–Trinajstić information content (AvgIpc) is 2.26. The van der Waals surface area contributed by atoms with Gasteiger partial charge in [0.15, 0.2) is 0 Å². The van der Waals surface area contributed by atoms with Crippen LogP contribution in [-0.4, -0.2) is 19.6 Å². The molecule has 1 amide bonds. The van der Waals surface area contributed by atoms with E-state index in [1.165, 1.54) is 0 Å². The lowest BCUT2D eigenvalue weighted by molar-refractivity contribution is 0.0958. The molecule has 0 aliphatic carbocycles. The first-order valence-electron chi connectivity index (χ1n) is 4.55. The number of terminal acetylenes is 1. The summed E-state index contributed by atoms with van der Waals surface area (Å²) >= 11 is 0. The van der Waals surface area contributed by atoms with Gasteiger partial charge in [0.1, 0.15) is 5.75 Å². The molecule has 15 heavy (non-hydrogen) atoms. The van der Waals surface area contributed by atoms with Crippen molar-refractivity contribution in [3.8, 4) is 18.1 Å². The summed E-state index contributed by atoms with van der Waals surface area (Å²) in [5.74, 6) is 2.85. The molecule has 0 bridgehead atoms. The molecule has 3 heteroatoms. The Bertz CT molecular complexity index is 405. The van der Waals surface area contributed by atoms with Crippen LogP contribution in [0.15, 0.2) is 18.2 Å². The second-order valence-electron chi connectivity index (χ2n) is 3.07. The summed E-state index contributed by atoms with van der Waals surface area (Å²) in [6.45, 7) is 2.15. The molecular weight excluding hydrogens is 190 g/mol. The number of rotatable bonds is 3. The van der Waals surface area contributed by atoms with E-state index in [9.17, 15) is 4.79 Å². The van der Waals surface area contributed by atoms with E-state index in [1.807, 2.05) is 13.0 Å². The van der Waals surface area contributed by atoms with Gasteiger partial charge in [-0.25, -0.2) is 0 Å². The first-order chi connectivity index (χ1) is 7.19. The number of amides is 1. The summed E-state index contributed by atoms with van der Waals surface area (Å²) in [5, 5.41) is 2.59. The SMILES string of the molecule is C#CCNC(=O)c1ccc(C)c(OC)c1. The third-order valence-corrected chi connectivity index (χ3v) is 2.02. The van der Waals surface area contributed by atoms with Crippen molar-refractivity contribution in [2.45, 2.75) is 6.92 Å². The lowest BCUT2D eigenvalue weighted by Gasteiger charge is -2.07. The normalized spacial score (nSPS) is 9.13. The van der Waals surface area contributed by atoms with Gasteiger partial charge >= 0.3 is 0 Å². The fourth-order valence-electron chi connectivity index (χ4n) is 1.19. The summed E-state index contributed by atoms with van der Waals surface area (Å²) < 4.78 is 5.12. The van der Waals surface area contributed by atoms with E-state index in [1.54, 1.807) is 19.2 Å². The number of carbonyl (C=O) groups excluding carboxylic acids is 1. The Morgan fingerprint density at radius 1 is 1.60 bits per heavy atom. The van der Waals surface area contributed by atoms with Crippen molar-refractivity contribution in [1.82, 2.24) is 5.32 Å². The molecule has 0 aromatic heterocycles. The monoisotopic (exact) mass is 203 g/mol. The zero-order valence-electron chi connectivity index (χ0n) is 8.83. The minimum atomic E-state index is -0.189. The number of hydrogen-bond donors (Lipinski definition) is 1. The maximum Gasteiger partial charge on any atom is 0.252 e. The van der Waals surface area contributed by atoms with Crippen molar-refractivity contribution in [3.63, 3.8) is 0 Å². The van der Waals surface area contributed by atoms with E-state index in [2.05, 4.69) is 11.2 Å². The van der Waals surface area contributed by atoms with E-state index in [-0.39, 0.29) is 12.5 Å². The minimum absolute atomic E-state index is 0.189. The van der Waals surface area contributed by atoms with E-state index < -0.39 is 0 Å². The van der Waals surface area contributed by atoms with Gasteiger partial charge in [-0.15, -0.1) is 6.42 Å². The standard InChI is InChI=1S/C12H13NO2/c1-4-7-13-12(14)10-6-5-9(2)11(8-10)15-3/h1,5-6,8H,7H2,2-3H3,(H,13,14). The fraction of sp³-hybridized carbons (Fsp3) is 0.250. The van der Waals surface area contributed by atoms with Gasteiger partial charge in [0, 0.05) is 5.56 Å². The summed E-state index contributed by atoms with van der Waals surface area (Å²) in [6, 6.07) is 5.27. The Morgan fingerprint density at radius 2 is 2.33 bits per heavy atom. The first-order valence-corrected chi connectivity index (χ1v) is 4.55.